The molecule has 1 aromatic carbocycles. The molecular weight excluding hydrogens is 284 g/mol. The average Bonchev–Trinajstić information content (AvgIpc) is 2.59. The minimum atomic E-state index is 0.199. The number of carbonyl (C=O) groups is 1. The Balaban J connectivity index is 1.44. The summed E-state index contributed by atoms with van der Waals surface area (Å²) in [5.41, 5.74) is 2.79. The molecule has 0 radical (unpaired) electrons. The molecule has 0 spiro atoms. The zero-order chi connectivity index (χ0) is 16.1. The van der Waals surface area contributed by atoms with Gasteiger partial charge in [0.25, 0.3) is 0 Å². The Morgan fingerprint density at radius 2 is 1.96 bits per heavy atom. The second kappa shape index (κ2) is 7.78. The van der Waals surface area contributed by atoms with Crippen LogP contribution in [0.3, 0.4) is 0 Å². The number of likely N-dealkylation sites (tertiary alicyclic amines) is 1. The number of amides is 1. The highest BCUT2D eigenvalue weighted by Gasteiger charge is 2.24. The molecular formula is C20H28N2O. The minimum absolute atomic E-state index is 0.199. The number of rotatable bonds is 4. The molecule has 23 heavy (non-hydrogen) atoms. The van der Waals surface area contributed by atoms with Gasteiger partial charge in [0.05, 0.1) is 0 Å². The van der Waals surface area contributed by atoms with Crippen LogP contribution in [0.5, 0.6) is 0 Å². The van der Waals surface area contributed by atoms with Gasteiger partial charge < -0.3 is 5.32 Å². The van der Waals surface area contributed by atoms with Gasteiger partial charge in [0, 0.05) is 31.6 Å². The molecule has 0 aromatic heterocycles. The van der Waals surface area contributed by atoms with Crippen molar-refractivity contribution >= 4 is 5.91 Å². The molecule has 1 aromatic rings. The van der Waals surface area contributed by atoms with Crippen LogP contribution in [0.15, 0.2) is 36.4 Å². The number of aryl methyl sites for hydroxylation is 1. The molecule has 1 fully saturated rings. The van der Waals surface area contributed by atoms with E-state index >= 15 is 0 Å². The lowest BCUT2D eigenvalue weighted by Crippen LogP contribution is -2.46. The molecule has 1 aliphatic carbocycles. The fraction of sp³-hybridized carbons (Fsp3) is 0.550. The van der Waals surface area contributed by atoms with Crippen molar-refractivity contribution in [2.75, 3.05) is 13.1 Å². The number of benzene rings is 1. The van der Waals surface area contributed by atoms with Crippen LogP contribution in [0.4, 0.5) is 0 Å². The van der Waals surface area contributed by atoms with Gasteiger partial charge in [-0.05, 0) is 50.2 Å². The Morgan fingerprint density at radius 3 is 2.65 bits per heavy atom. The minimum Gasteiger partial charge on any atom is -0.353 e. The molecule has 1 saturated heterocycles. The van der Waals surface area contributed by atoms with E-state index in [0.29, 0.717) is 6.04 Å². The smallest absolute Gasteiger partial charge is 0.223 e. The van der Waals surface area contributed by atoms with E-state index in [1.54, 1.807) is 0 Å². The molecule has 3 heteroatoms. The van der Waals surface area contributed by atoms with Crippen LogP contribution >= 0.6 is 0 Å². The van der Waals surface area contributed by atoms with Crippen molar-refractivity contribution in [3.63, 3.8) is 0 Å². The third-order valence-corrected chi connectivity index (χ3v) is 5.23. The Labute approximate surface area is 139 Å². The van der Waals surface area contributed by atoms with Gasteiger partial charge in [-0.3, -0.25) is 9.69 Å². The maximum Gasteiger partial charge on any atom is 0.223 e. The highest BCUT2D eigenvalue weighted by molar-refractivity contribution is 5.79. The fourth-order valence-corrected chi connectivity index (χ4v) is 3.61. The van der Waals surface area contributed by atoms with Gasteiger partial charge in [0.2, 0.25) is 5.91 Å². The standard InChI is InChI=1S/C20H28N2O/c1-16-7-5-6-10-18(16)15-22-13-11-19(12-14-22)21-20(23)17-8-3-2-4-9-17/h2-3,5-7,10,17,19H,4,8-9,11-15H2,1H3,(H,21,23). The van der Waals surface area contributed by atoms with Crippen molar-refractivity contribution in [3.8, 4) is 0 Å². The summed E-state index contributed by atoms with van der Waals surface area (Å²) in [6.45, 7) is 5.36. The van der Waals surface area contributed by atoms with E-state index in [1.165, 1.54) is 11.1 Å². The topological polar surface area (TPSA) is 32.3 Å². The number of allylic oxidation sites excluding steroid dienone is 2. The molecule has 1 heterocycles. The summed E-state index contributed by atoms with van der Waals surface area (Å²) in [7, 11) is 0. The molecule has 2 aliphatic rings. The van der Waals surface area contributed by atoms with Gasteiger partial charge in [0.15, 0.2) is 0 Å². The first-order chi connectivity index (χ1) is 11.2. The van der Waals surface area contributed by atoms with Gasteiger partial charge in [-0.15, -0.1) is 0 Å². The Morgan fingerprint density at radius 1 is 1.17 bits per heavy atom. The van der Waals surface area contributed by atoms with Crippen LogP contribution in [0.25, 0.3) is 0 Å². The molecule has 3 nitrogen and oxygen atoms in total. The first-order valence-electron chi connectivity index (χ1n) is 8.94. The van der Waals surface area contributed by atoms with E-state index < -0.39 is 0 Å². The fourth-order valence-electron chi connectivity index (χ4n) is 3.61. The molecule has 1 unspecified atom stereocenters. The van der Waals surface area contributed by atoms with E-state index in [2.05, 4.69) is 53.6 Å². The second-order valence-electron chi connectivity index (χ2n) is 6.97. The molecule has 1 N–H and O–H groups in total. The first-order valence-corrected chi connectivity index (χ1v) is 8.94. The van der Waals surface area contributed by atoms with Crippen LogP contribution in [-0.2, 0) is 11.3 Å². The maximum atomic E-state index is 12.3. The van der Waals surface area contributed by atoms with E-state index in [0.717, 1.165) is 51.7 Å². The number of nitrogens with one attached hydrogen (secondary N) is 1. The van der Waals surface area contributed by atoms with Crippen LogP contribution in [0.1, 0.15) is 43.2 Å². The van der Waals surface area contributed by atoms with E-state index in [4.69, 9.17) is 0 Å². The van der Waals surface area contributed by atoms with Crippen LogP contribution in [0, 0.1) is 12.8 Å². The number of nitrogens with zero attached hydrogens (tertiary/aromatic N) is 1. The molecule has 3 rings (SSSR count). The molecule has 0 bridgehead atoms. The third-order valence-electron chi connectivity index (χ3n) is 5.23. The number of piperidine rings is 1. The summed E-state index contributed by atoms with van der Waals surface area (Å²) >= 11 is 0. The molecule has 0 saturated carbocycles. The van der Waals surface area contributed by atoms with E-state index in [9.17, 15) is 4.79 Å². The third kappa shape index (κ3) is 4.44. The summed E-state index contributed by atoms with van der Waals surface area (Å²) < 4.78 is 0. The lowest BCUT2D eigenvalue weighted by atomic mass is 9.93. The largest absolute Gasteiger partial charge is 0.353 e. The van der Waals surface area contributed by atoms with Crippen molar-refractivity contribution in [1.29, 1.82) is 0 Å². The summed E-state index contributed by atoms with van der Waals surface area (Å²) in [5.74, 6) is 0.469. The number of carbonyl (C=O) groups excluding carboxylic acids is 1. The summed E-state index contributed by atoms with van der Waals surface area (Å²) in [6, 6.07) is 8.98. The van der Waals surface area contributed by atoms with Crippen molar-refractivity contribution in [2.24, 2.45) is 5.92 Å². The maximum absolute atomic E-state index is 12.3. The van der Waals surface area contributed by atoms with Crippen LogP contribution < -0.4 is 5.32 Å². The molecule has 124 valence electrons. The summed E-state index contributed by atoms with van der Waals surface area (Å²) in [6.07, 6.45) is 9.45. The SMILES string of the molecule is Cc1ccccc1CN1CCC(NC(=O)C2CC=CCC2)CC1. The number of hydrogen-bond donors (Lipinski definition) is 1. The zero-order valence-electron chi connectivity index (χ0n) is 14.1. The molecule has 1 aliphatic heterocycles. The Hall–Kier alpha value is -1.61. The average molecular weight is 312 g/mol. The van der Waals surface area contributed by atoms with Gasteiger partial charge in [0.1, 0.15) is 0 Å². The van der Waals surface area contributed by atoms with Gasteiger partial charge in [-0.25, -0.2) is 0 Å². The lowest BCUT2D eigenvalue weighted by molar-refractivity contribution is -0.126. The number of hydrogen-bond acceptors (Lipinski definition) is 2. The highest BCUT2D eigenvalue weighted by atomic mass is 16.1. The normalized spacial score (nSPS) is 22.9. The van der Waals surface area contributed by atoms with Crippen molar-refractivity contribution in [2.45, 2.75) is 51.6 Å². The van der Waals surface area contributed by atoms with Crippen molar-refractivity contribution in [1.82, 2.24) is 10.2 Å². The Bertz CT molecular complexity index is 559. The predicted molar refractivity (Wildman–Crippen MR) is 94.1 cm³/mol. The monoisotopic (exact) mass is 312 g/mol. The lowest BCUT2D eigenvalue weighted by Gasteiger charge is -2.33. The predicted octanol–water partition coefficient (Wildman–Crippen LogP) is 3.43. The quantitative estimate of drug-likeness (QED) is 0.864. The summed E-state index contributed by atoms with van der Waals surface area (Å²) in [5, 5.41) is 3.28. The van der Waals surface area contributed by atoms with Gasteiger partial charge in [-0.2, -0.15) is 0 Å². The zero-order valence-corrected chi connectivity index (χ0v) is 14.1. The summed E-state index contributed by atoms with van der Waals surface area (Å²) in [4.78, 5) is 14.8. The highest BCUT2D eigenvalue weighted by Crippen LogP contribution is 2.20. The van der Waals surface area contributed by atoms with E-state index in [-0.39, 0.29) is 11.8 Å². The van der Waals surface area contributed by atoms with Gasteiger partial charge >= 0.3 is 0 Å². The van der Waals surface area contributed by atoms with Gasteiger partial charge in [-0.1, -0.05) is 36.4 Å². The Kier molecular flexibility index (Phi) is 5.50. The van der Waals surface area contributed by atoms with Crippen LogP contribution in [-0.4, -0.2) is 29.9 Å². The second-order valence-corrected chi connectivity index (χ2v) is 6.97. The van der Waals surface area contributed by atoms with Crippen LogP contribution in [0.2, 0.25) is 0 Å². The van der Waals surface area contributed by atoms with Crippen molar-refractivity contribution in [3.05, 3.63) is 47.5 Å². The first kappa shape index (κ1) is 16.3. The molecule has 1 atom stereocenters. The molecule has 1 amide bonds. The van der Waals surface area contributed by atoms with Crippen molar-refractivity contribution < 1.29 is 4.79 Å². The van der Waals surface area contributed by atoms with E-state index in [1.807, 2.05) is 0 Å².